The van der Waals surface area contributed by atoms with Crippen molar-refractivity contribution in [1.29, 1.82) is 0 Å². The molecule has 1 N–H and O–H groups in total. The summed E-state index contributed by atoms with van der Waals surface area (Å²) in [7, 11) is -3.49. The molecule has 1 saturated carbocycles. The van der Waals surface area contributed by atoms with Crippen molar-refractivity contribution in [2.75, 3.05) is 6.54 Å². The molecule has 3 nitrogen and oxygen atoms in total. The fourth-order valence-electron chi connectivity index (χ4n) is 1.36. The molecule has 2 rings (SSSR count). The first kappa shape index (κ1) is 11.5. The lowest BCUT2D eigenvalue weighted by Gasteiger charge is -2.10. The van der Waals surface area contributed by atoms with E-state index in [-0.39, 0.29) is 10.3 Å². The van der Waals surface area contributed by atoms with Crippen LogP contribution in [0.1, 0.15) is 19.8 Å². The molecule has 1 aliphatic carbocycles. The molecule has 0 aromatic heterocycles. The molecule has 0 bridgehead atoms. The van der Waals surface area contributed by atoms with E-state index < -0.39 is 15.8 Å². The van der Waals surface area contributed by atoms with E-state index in [4.69, 9.17) is 0 Å². The average Bonchev–Trinajstić information content (AvgIpc) is 2.96. The molecule has 0 radical (unpaired) electrons. The summed E-state index contributed by atoms with van der Waals surface area (Å²) < 4.78 is 38.8. The van der Waals surface area contributed by atoms with Gasteiger partial charge in [-0.15, -0.1) is 0 Å². The topological polar surface area (TPSA) is 46.2 Å². The first-order valence-corrected chi connectivity index (χ1v) is 6.65. The van der Waals surface area contributed by atoms with Gasteiger partial charge in [0.1, 0.15) is 5.82 Å². The van der Waals surface area contributed by atoms with E-state index in [2.05, 4.69) is 4.72 Å². The molecule has 88 valence electrons. The van der Waals surface area contributed by atoms with E-state index in [0.29, 0.717) is 6.54 Å². The maximum absolute atomic E-state index is 12.6. The van der Waals surface area contributed by atoms with Crippen LogP contribution < -0.4 is 4.72 Å². The van der Waals surface area contributed by atoms with E-state index in [9.17, 15) is 12.8 Å². The summed E-state index contributed by atoms with van der Waals surface area (Å²) in [6.45, 7) is 2.49. The standard InChI is InChI=1S/C11H14FNO2S/c1-11(6-7-11)8-13-16(14,15)10-4-2-9(12)3-5-10/h2-5,13H,6-8H2,1H3. The van der Waals surface area contributed by atoms with Gasteiger partial charge in [0.05, 0.1) is 4.90 Å². The van der Waals surface area contributed by atoms with Crippen molar-refractivity contribution in [2.24, 2.45) is 5.41 Å². The van der Waals surface area contributed by atoms with Crippen molar-refractivity contribution < 1.29 is 12.8 Å². The zero-order valence-electron chi connectivity index (χ0n) is 9.03. The summed E-state index contributed by atoms with van der Waals surface area (Å²) in [5.41, 5.74) is 0.118. The molecule has 5 heteroatoms. The Morgan fingerprint density at radius 3 is 2.38 bits per heavy atom. The van der Waals surface area contributed by atoms with Gasteiger partial charge in [0, 0.05) is 6.54 Å². The maximum atomic E-state index is 12.6. The number of halogens is 1. The Bertz CT molecular complexity index is 477. The van der Waals surface area contributed by atoms with Gasteiger partial charge < -0.3 is 0 Å². The van der Waals surface area contributed by atoms with E-state index in [1.54, 1.807) is 0 Å². The number of nitrogens with one attached hydrogen (secondary N) is 1. The van der Waals surface area contributed by atoms with Crippen LogP contribution in [-0.4, -0.2) is 15.0 Å². The molecule has 1 aliphatic rings. The number of rotatable bonds is 4. The SMILES string of the molecule is CC1(CNS(=O)(=O)c2ccc(F)cc2)CC1. The summed E-state index contributed by atoms with van der Waals surface area (Å²) in [5, 5.41) is 0. The fraction of sp³-hybridized carbons (Fsp3) is 0.455. The number of hydrogen-bond acceptors (Lipinski definition) is 2. The van der Waals surface area contributed by atoms with Crippen molar-refractivity contribution in [3.63, 3.8) is 0 Å². The Balaban J connectivity index is 2.09. The van der Waals surface area contributed by atoms with Crippen LogP contribution >= 0.6 is 0 Å². The first-order chi connectivity index (χ1) is 7.41. The van der Waals surface area contributed by atoms with Crippen LogP contribution in [0.15, 0.2) is 29.2 Å². The molecule has 0 atom stereocenters. The fourth-order valence-corrected chi connectivity index (χ4v) is 2.56. The lowest BCUT2D eigenvalue weighted by atomic mass is 10.2. The third-order valence-electron chi connectivity index (χ3n) is 2.92. The van der Waals surface area contributed by atoms with Crippen molar-refractivity contribution in [2.45, 2.75) is 24.7 Å². The van der Waals surface area contributed by atoms with Crippen molar-refractivity contribution in [3.8, 4) is 0 Å². The molecule has 1 fully saturated rings. The van der Waals surface area contributed by atoms with E-state index in [1.807, 2.05) is 6.92 Å². The zero-order valence-corrected chi connectivity index (χ0v) is 9.85. The van der Waals surface area contributed by atoms with Gasteiger partial charge in [0.25, 0.3) is 0 Å². The van der Waals surface area contributed by atoms with Gasteiger partial charge in [-0.1, -0.05) is 6.92 Å². The minimum atomic E-state index is -3.49. The quantitative estimate of drug-likeness (QED) is 0.878. The minimum absolute atomic E-state index is 0.109. The van der Waals surface area contributed by atoms with Crippen LogP contribution in [0.5, 0.6) is 0 Å². The monoisotopic (exact) mass is 243 g/mol. The lowest BCUT2D eigenvalue weighted by Crippen LogP contribution is -2.29. The number of benzene rings is 1. The van der Waals surface area contributed by atoms with Crippen molar-refractivity contribution >= 4 is 10.0 Å². The molecule has 0 aliphatic heterocycles. The minimum Gasteiger partial charge on any atom is -0.211 e. The van der Waals surface area contributed by atoms with Gasteiger partial charge in [-0.3, -0.25) is 0 Å². The summed E-state index contributed by atoms with van der Waals surface area (Å²) >= 11 is 0. The summed E-state index contributed by atoms with van der Waals surface area (Å²) in [6, 6.07) is 4.83. The first-order valence-electron chi connectivity index (χ1n) is 5.17. The molecule has 1 aromatic rings. The third-order valence-corrected chi connectivity index (χ3v) is 4.33. The van der Waals surface area contributed by atoms with Gasteiger partial charge in [0.2, 0.25) is 10.0 Å². The van der Waals surface area contributed by atoms with Crippen LogP contribution in [0, 0.1) is 11.2 Å². The largest absolute Gasteiger partial charge is 0.240 e. The molecule has 16 heavy (non-hydrogen) atoms. The van der Waals surface area contributed by atoms with Gasteiger partial charge in [0.15, 0.2) is 0 Å². The normalized spacial score (nSPS) is 18.4. The van der Waals surface area contributed by atoms with E-state index >= 15 is 0 Å². The second-order valence-corrected chi connectivity index (χ2v) is 6.36. The second kappa shape index (κ2) is 3.82. The molecule has 0 amide bonds. The second-order valence-electron chi connectivity index (χ2n) is 4.59. The predicted octanol–water partition coefficient (Wildman–Crippen LogP) is 1.90. The van der Waals surface area contributed by atoms with Crippen LogP contribution in [0.3, 0.4) is 0 Å². The Morgan fingerprint density at radius 1 is 1.31 bits per heavy atom. The third kappa shape index (κ3) is 2.59. The molecule has 1 aromatic carbocycles. The van der Waals surface area contributed by atoms with Gasteiger partial charge in [-0.2, -0.15) is 0 Å². The molecule has 0 saturated heterocycles. The highest BCUT2D eigenvalue weighted by molar-refractivity contribution is 7.89. The predicted molar refractivity (Wildman–Crippen MR) is 58.9 cm³/mol. The summed E-state index contributed by atoms with van der Waals surface area (Å²) in [6.07, 6.45) is 2.11. The van der Waals surface area contributed by atoms with Crippen LogP contribution in [-0.2, 0) is 10.0 Å². The molecule has 0 heterocycles. The zero-order chi connectivity index (χ0) is 11.8. The van der Waals surface area contributed by atoms with Crippen molar-refractivity contribution in [3.05, 3.63) is 30.1 Å². The van der Waals surface area contributed by atoms with Crippen LogP contribution in [0.4, 0.5) is 4.39 Å². The lowest BCUT2D eigenvalue weighted by molar-refractivity contribution is 0.530. The van der Waals surface area contributed by atoms with E-state index in [1.165, 1.54) is 12.1 Å². The van der Waals surface area contributed by atoms with E-state index in [0.717, 1.165) is 25.0 Å². The summed E-state index contributed by atoms with van der Waals surface area (Å²) in [5.74, 6) is -0.437. The van der Waals surface area contributed by atoms with Gasteiger partial charge >= 0.3 is 0 Å². The molecular weight excluding hydrogens is 229 g/mol. The number of hydrogen-bond donors (Lipinski definition) is 1. The average molecular weight is 243 g/mol. The molecule has 0 spiro atoms. The highest BCUT2D eigenvalue weighted by atomic mass is 32.2. The number of sulfonamides is 1. The smallest absolute Gasteiger partial charge is 0.211 e. The maximum Gasteiger partial charge on any atom is 0.240 e. The Hall–Kier alpha value is -0.940. The molecular formula is C11H14FNO2S. The summed E-state index contributed by atoms with van der Waals surface area (Å²) in [4.78, 5) is 0.109. The van der Waals surface area contributed by atoms with Gasteiger partial charge in [-0.05, 0) is 42.5 Å². The Kier molecular flexibility index (Phi) is 2.75. The highest BCUT2D eigenvalue weighted by Gasteiger charge is 2.38. The van der Waals surface area contributed by atoms with Crippen LogP contribution in [0.25, 0.3) is 0 Å². The molecule has 0 unspecified atom stereocenters. The van der Waals surface area contributed by atoms with Gasteiger partial charge in [-0.25, -0.2) is 17.5 Å². The van der Waals surface area contributed by atoms with Crippen molar-refractivity contribution in [1.82, 2.24) is 4.72 Å². The Morgan fingerprint density at radius 2 is 1.88 bits per heavy atom. The Labute approximate surface area is 94.7 Å². The highest BCUT2D eigenvalue weighted by Crippen LogP contribution is 2.44. The van der Waals surface area contributed by atoms with Crippen LogP contribution in [0.2, 0.25) is 0 Å².